The van der Waals surface area contributed by atoms with Crippen LogP contribution in [0.4, 0.5) is 10.1 Å². The molecule has 1 N–H and O–H groups in total. The van der Waals surface area contributed by atoms with Crippen LogP contribution >= 0.6 is 34.5 Å². The Morgan fingerprint density at radius 1 is 1.26 bits per heavy atom. The Bertz CT molecular complexity index is 728. The van der Waals surface area contributed by atoms with Gasteiger partial charge in [-0.25, -0.2) is 12.8 Å². The molecule has 19 heavy (non-hydrogen) atoms. The molecule has 0 spiro atoms. The van der Waals surface area contributed by atoms with Gasteiger partial charge in [-0.15, -0.1) is 11.3 Å². The number of benzene rings is 1. The number of hydrogen-bond acceptors (Lipinski definition) is 3. The molecular formula is C11H8Cl2FNO2S2. The standard InChI is InChI=1S/C11H8Cl2FNO2S2/c1-6-4-7(14)2-3-8(6)15-19(16,17)9-5-10(12)18-11(9)13/h2-5,15H,1H3. The SMILES string of the molecule is Cc1cc(F)ccc1NS(=O)(=O)c1cc(Cl)sc1Cl. The number of halogens is 3. The summed E-state index contributed by atoms with van der Waals surface area (Å²) in [5.41, 5.74) is 0.765. The predicted molar refractivity (Wildman–Crippen MR) is 76.3 cm³/mol. The molecule has 0 radical (unpaired) electrons. The van der Waals surface area contributed by atoms with Crippen LogP contribution in [0.5, 0.6) is 0 Å². The van der Waals surface area contributed by atoms with Gasteiger partial charge in [-0.1, -0.05) is 23.2 Å². The van der Waals surface area contributed by atoms with E-state index in [1.54, 1.807) is 6.92 Å². The van der Waals surface area contributed by atoms with Crippen molar-refractivity contribution < 1.29 is 12.8 Å². The lowest BCUT2D eigenvalue weighted by atomic mass is 10.2. The molecule has 8 heteroatoms. The first-order valence-electron chi connectivity index (χ1n) is 5.03. The quantitative estimate of drug-likeness (QED) is 0.905. The number of hydrogen-bond donors (Lipinski definition) is 1. The largest absolute Gasteiger partial charge is 0.279 e. The molecule has 0 saturated heterocycles. The molecule has 0 aliphatic carbocycles. The molecule has 0 unspecified atom stereocenters. The summed E-state index contributed by atoms with van der Waals surface area (Å²) in [6, 6.07) is 5.03. The normalized spacial score (nSPS) is 11.6. The van der Waals surface area contributed by atoms with E-state index in [0.29, 0.717) is 11.3 Å². The first kappa shape index (κ1) is 14.6. The Labute approximate surface area is 124 Å². The monoisotopic (exact) mass is 339 g/mol. The molecule has 0 amide bonds. The minimum absolute atomic E-state index is 0.0808. The number of anilines is 1. The number of nitrogens with one attached hydrogen (secondary N) is 1. The van der Waals surface area contributed by atoms with Gasteiger partial charge in [0.05, 0.1) is 10.0 Å². The van der Waals surface area contributed by atoms with E-state index in [0.717, 1.165) is 11.3 Å². The molecule has 2 rings (SSSR count). The van der Waals surface area contributed by atoms with Crippen molar-refractivity contribution in [1.29, 1.82) is 0 Å². The third kappa shape index (κ3) is 3.20. The first-order valence-corrected chi connectivity index (χ1v) is 8.09. The number of sulfonamides is 1. The minimum atomic E-state index is -3.84. The van der Waals surface area contributed by atoms with Crippen LogP contribution < -0.4 is 4.72 Å². The van der Waals surface area contributed by atoms with E-state index in [9.17, 15) is 12.8 Å². The zero-order valence-corrected chi connectivity index (χ0v) is 12.7. The molecule has 102 valence electrons. The molecule has 0 bridgehead atoms. The van der Waals surface area contributed by atoms with E-state index < -0.39 is 15.8 Å². The van der Waals surface area contributed by atoms with Gasteiger partial charge in [0.25, 0.3) is 10.0 Å². The van der Waals surface area contributed by atoms with Crippen molar-refractivity contribution in [2.24, 2.45) is 0 Å². The lowest BCUT2D eigenvalue weighted by Crippen LogP contribution is -2.13. The second-order valence-electron chi connectivity index (χ2n) is 3.75. The molecule has 0 aliphatic heterocycles. The van der Waals surface area contributed by atoms with Gasteiger partial charge < -0.3 is 0 Å². The van der Waals surface area contributed by atoms with Crippen LogP contribution in [0.2, 0.25) is 8.67 Å². The second-order valence-corrected chi connectivity index (χ2v) is 7.69. The van der Waals surface area contributed by atoms with Gasteiger partial charge in [0, 0.05) is 0 Å². The maximum absolute atomic E-state index is 13.0. The van der Waals surface area contributed by atoms with Gasteiger partial charge in [0.15, 0.2) is 0 Å². The van der Waals surface area contributed by atoms with E-state index in [1.807, 2.05) is 0 Å². The van der Waals surface area contributed by atoms with Crippen LogP contribution in [-0.4, -0.2) is 8.42 Å². The van der Waals surface area contributed by atoms with Gasteiger partial charge in [-0.05, 0) is 36.8 Å². The Balaban J connectivity index is 2.39. The average molecular weight is 340 g/mol. The summed E-state index contributed by atoms with van der Waals surface area (Å²) in [7, 11) is -3.84. The van der Waals surface area contributed by atoms with E-state index in [-0.39, 0.29) is 13.6 Å². The molecule has 0 atom stereocenters. The molecule has 1 aromatic heterocycles. The predicted octanol–water partition coefficient (Wildman–Crippen LogP) is 4.30. The number of rotatable bonds is 3. The van der Waals surface area contributed by atoms with Crippen LogP contribution in [-0.2, 0) is 10.0 Å². The average Bonchev–Trinajstić information content (AvgIpc) is 2.63. The van der Waals surface area contributed by atoms with Crippen LogP contribution in [0.15, 0.2) is 29.2 Å². The fourth-order valence-corrected chi connectivity index (χ4v) is 4.73. The summed E-state index contributed by atoms with van der Waals surface area (Å²) >= 11 is 12.5. The third-order valence-corrected chi connectivity index (χ3v) is 5.47. The summed E-state index contributed by atoms with van der Waals surface area (Å²) in [6.07, 6.45) is 0. The van der Waals surface area contributed by atoms with Gasteiger partial charge in [0.1, 0.15) is 15.0 Å². The van der Waals surface area contributed by atoms with Crippen molar-refractivity contribution in [3.8, 4) is 0 Å². The van der Waals surface area contributed by atoms with Gasteiger partial charge in [0.2, 0.25) is 0 Å². The van der Waals surface area contributed by atoms with Crippen molar-refractivity contribution in [2.45, 2.75) is 11.8 Å². The highest BCUT2D eigenvalue weighted by atomic mass is 35.5. The molecule has 3 nitrogen and oxygen atoms in total. The van der Waals surface area contributed by atoms with Crippen molar-refractivity contribution in [3.63, 3.8) is 0 Å². The zero-order valence-electron chi connectivity index (χ0n) is 9.58. The fourth-order valence-electron chi connectivity index (χ4n) is 1.45. The van der Waals surface area contributed by atoms with Crippen molar-refractivity contribution in [3.05, 3.63) is 44.3 Å². The summed E-state index contributed by atoms with van der Waals surface area (Å²) in [5, 5.41) is 0. The van der Waals surface area contributed by atoms with Crippen LogP contribution in [0.1, 0.15) is 5.56 Å². The molecule has 0 saturated carbocycles. The molecule has 2 aromatic rings. The van der Waals surface area contributed by atoms with Crippen molar-refractivity contribution in [1.82, 2.24) is 0 Å². The summed E-state index contributed by atoms with van der Waals surface area (Å²) < 4.78 is 39.9. The van der Waals surface area contributed by atoms with E-state index >= 15 is 0 Å². The highest BCUT2D eigenvalue weighted by Crippen LogP contribution is 2.35. The second kappa shape index (κ2) is 5.28. The molecular weight excluding hydrogens is 332 g/mol. The maximum Gasteiger partial charge on any atom is 0.264 e. The molecule has 0 aliphatic rings. The van der Waals surface area contributed by atoms with Crippen molar-refractivity contribution in [2.75, 3.05) is 4.72 Å². The summed E-state index contributed by atoms with van der Waals surface area (Å²) in [6.45, 7) is 1.60. The lowest BCUT2D eigenvalue weighted by molar-refractivity contribution is 0.601. The Kier molecular flexibility index (Phi) is 4.06. The lowest BCUT2D eigenvalue weighted by Gasteiger charge is -2.09. The highest BCUT2D eigenvalue weighted by molar-refractivity contribution is 7.93. The topological polar surface area (TPSA) is 46.2 Å². The first-order chi connectivity index (χ1) is 8.79. The third-order valence-electron chi connectivity index (χ3n) is 2.35. The molecule has 1 aromatic carbocycles. The van der Waals surface area contributed by atoms with E-state index in [4.69, 9.17) is 23.2 Å². The number of aryl methyl sites for hydroxylation is 1. The minimum Gasteiger partial charge on any atom is -0.279 e. The van der Waals surface area contributed by atoms with Gasteiger partial charge in [-0.2, -0.15) is 0 Å². The van der Waals surface area contributed by atoms with Crippen LogP contribution in [0, 0.1) is 12.7 Å². The van der Waals surface area contributed by atoms with Gasteiger partial charge >= 0.3 is 0 Å². The summed E-state index contributed by atoms with van der Waals surface area (Å²) in [5.74, 6) is -0.433. The fraction of sp³-hybridized carbons (Fsp3) is 0.0909. The number of thiophene rings is 1. The van der Waals surface area contributed by atoms with E-state index in [2.05, 4.69) is 4.72 Å². The smallest absolute Gasteiger partial charge is 0.264 e. The van der Waals surface area contributed by atoms with Crippen LogP contribution in [0.3, 0.4) is 0 Å². The Morgan fingerprint density at radius 2 is 1.95 bits per heavy atom. The van der Waals surface area contributed by atoms with Crippen molar-refractivity contribution >= 4 is 50.2 Å². The summed E-state index contributed by atoms with van der Waals surface area (Å²) in [4.78, 5) is -0.0899. The molecule has 0 fully saturated rings. The zero-order chi connectivity index (χ0) is 14.2. The Hall–Kier alpha value is -0.820. The van der Waals surface area contributed by atoms with Crippen LogP contribution in [0.25, 0.3) is 0 Å². The highest BCUT2D eigenvalue weighted by Gasteiger charge is 2.21. The molecule has 1 heterocycles. The Morgan fingerprint density at radius 3 is 2.47 bits per heavy atom. The van der Waals surface area contributed by atoms with Gasteiger partial charge in [-0.3, -0.25) is 4.72 Å². The van der Waals surface area contributed by atoms with E-state index in [1.165, 1.54) is 24.3 Å². The maximum atomic E-state index is 13.0.